The van der Waals surface area contributed by atoms with Gasteiger partial charge in [-0.3, -0.25) is 14.9 Å². The lowest BCUT2D eigenvalue weighted by molar-refractivity contribution is 0.102. The van der Waals surface area contributed by atoms with Gasteiger partial charge in [-0.2, -0.15) is 5.10 Å². The summed E-state index contributed by atoms with van der Waals surface area (Å²) in [6.45, 7) is 0. The van der Waals surface area contributed by atoms with Crippen LogP contribution >= 0.6 is 0 Å². The van der Waals surface area contributed by atoms with Crippen molar-refractivity contribution in [3.05, 3.63) is 77.7 Å². The molecule has 0 fully saturated rings. The van der Waals surface area contributed by atoms with Gasteiger partial charge in [-0.25, -0.2) is 0 Å². The average Bonchev–Trinajstić information content (AvgIpc) is 3.02. The fourth-order valence-corrected chi connectivity index (χ4v) is 2.16. The van der Waals surface area contributed by atoms with Gasteiger partial charge >= 0.3 is 0 Å². The van der Waals surface area contributed by atoms with Crippen LogP contribution in [0.5, 0.6) is 0 Å². The Morgan fingerprint density at radius 1 is 1.09 bits per heavy atom. The summed E-state index contributed by atoms with van der Waals surface area (Å²) in [5.41, 5.74) is 2.78. The number of carbonyl (C=O) groups is 1. The summed E-state index contributed by atoms with van der Waals surface area (Å²) in [4.78, 5) is 15.9. The molecule has 22 heavy (non-hydrogen) atoms. The lowest BCUT2D eigenvalue weighted by Crippen LogP contribution is -2.12. The summed E-state index contributed by atoms with van der Waals surface area (Å²) >= 11 is 0. The van der Waals surface area contributed by atoms with Crippen molar-refractivity contribution < 1.29 is 4.79 Å². The van der Waals surface area contributed by atoms with Gasteiger partial charge in [0.2, 0.25) is 0 Å². The largest absolute Gasteiger partial charge is 0.305 e. The highest BCUT2D eigenvalue weighted by molar-refractivity contribution is 6.03. The highest BCUT2D eigenvalue weighted by Gasteiger charge is 2.08. The van der Waals surface area contributed by atoms with E-state index in [9.17, 15) is 4.79 Å². The lowest BCUT2D eigenvalue weighted by atomic mass is 10.1. The second-order valence-electron chi connectivity index (χ2n) is 4.96. The summed E-state index contributed by atoms with van der Waals surface area (Å²) in [5, 5.41) is 9.82. The third kappa shape index (κ3) is 3.58. The van der Waals surface area contributed by atoms with Crippen LogP contribution in [-0.2, 0) is 12.8 Å². The zero-order valence-electron chi connectivity index (χ0n) is 12.0. The predicted molar refractivity (Wildman–Crippen MR) is 84.6 cm³/mol. The molecule has 5 nitrogen and oxygen atoms in total. The summed E-state index contributed by atoms with van der Waals surface area (Å²) in [6, 6.07) is 15.6. The Balaban J connectivity index is 1.58. The third-order valence-electron chi connectivity index (χ3n) is 3.32. The van der Waals surface area contributed by atoms with Crippen molar-refractivity contribution in [3.8, 4) is 0 Å². The van der Waals surface area contributed by atoms with Gasteiger partial charge in [0, 0.05) is 24.2 Å². The maximum atomic E-state index is 12.0. The number of aromatic amines is 1. The molecule has 1 aromatic carbocycles. The third-order valence-corrected chi connectivity index (χ3v) is 3.32. The van der Waals surface area contributed by atoms with Crippen LogP contribution in [0.1, 0.15) is 21.6 Å². The van der Waals surface area contributed by atoms with Crippen molar-refractivity contribution in [3.63, 3.8) is 0 Å². The van der Waals surface area contributed by atoms with Crippen molar-refractivity contribution in [2.45, 2.75) is 12.8 Å². The SMILES string of the molecule is O=C(Nc1cc(CCc2ccccc2)[nH]n1)c1cccnc1. The van der Waals surface area contributed by atoms with Crippen molar-refractivity contribution in [1.29, 1.82) is 0 Å². The van der Waals surface area contributed by atoms with E-state index >= 15 is 0 Å². The normalized spacial score (nSPS) is 10.4. The first kappa shape index (κ1) is 14.0. The molecule has 0 bridgehead atoms. The monoisotopic (exact) mass is 292 g/mol. The number of H-pyrrole nitrogens is 1. The number of amides is 1. The molecule has 110 valence electrons. The Morgan fingerprint density at radius 2 is 1.95 bits per heavy atom. The van der Waals surface area contributed by atoms with Gasteiger partial charge in [0.05, 0.1) is 5.56 Å². The van der Waals surface area contributed by atoms with Crippen LogP contribution in [0.2, 0.25) is 0 Å². The van der Waals surface area contributed by atoms with Gasteiger partial charge in [0.25, 0.3) is 5.91 Å². The Bertz CT molecular complexity index is 738. The van der Waals surface area contributed by atoms with E-state index in [0.717, 1.165) is 18.5 Å². The molecule has 0 radical (unpaired) electrons. The molecule has 0 spiro atoms. The quantitative estimate of drug-likeness (QED) is 0.759. The van der Waals surface area contributed by atoms with Crippen LogP contribution in [0.25, 0.3) is 0 Å². The topological polar surface area (TPSA) is 70.7 Å². The summed E-state index contributed by atoms with van der Waals surface area (Å²) in [7, 11) is 0. The molecule has 3 aromatic rings. The van der Waals surface area contributed by atoms with Crippen LogP contribution in [0.3, 0.4) is 0 Å². The highest BCUT2D eigenvalue weighted by Crippen LogP contribution is 2.10. The number of hydrogen-bond donors (Lipinski definition) is 2. The minimum atomic E-state index is -0.214. The van der Waals surface area contributed by atoms with E-state index in [1.807, 2.05) is 24.3 Å². The van der Waals surface area contributed by atoms with E-state index in [0.29, 0.717) is 11.4 Å². The van der Waals surface area contributed by atoms with E-state index in [1.54, 1.807) is 18.3 Å². The molecule has 0 saturated carbocycles. The fraction of sp³-hybridized carbons (Fsp3) is 0.118. The number of nitrogens with zero attached hydrogens (tertiary/aromatic N) is 2. The molecule has 1 amide bonds. The van der Waals surface area contributed by atoms with Gasteiger partial charge in [0.1, 0.15) is 0 Å². The van der Waals surface area contributed by atoms with Gasteiger partial charge in [-0.15, -0.1) is 0 Å². The van der Waals surface area contributed by atoms with Gasteiger partial charge in [-0.05, 0) is 30.5 Å². The van der Waals surface area contributed by atoms with E-state index in [-0.39, 0.29) is 5.91 Å². The Kier molecular flexibility index (Phi) is 4.25. The van der Waals surface area contributed by atoms with Crippen molar-refractivity contribution in [1.82, 2.24) is 15.2 Å². The van der Waals surface area contributed by atoms with Gasteiger partial charge < -0.3 is 5.32 Å². The van der Waals surface area contributed by atoms with Crippen LogP contribution in [0, 0.1) is 0 Å². The van der Waals surface area contributed by atoms with Crippen LogP contribution < -0.4 is 5.32 Å². The number of carbonyl (C=O) groups excluding carboxylic acids is 1. The highest BCUT2D eigenvalue weighted by atomic mass is 16.1. The molecule has 0 aliphatic heterocycles. The second-order valence-corrected chi connectivity index (χ2v) is 4.96. The molecule has 2 heterocycles. The number of nitrogens with one attached hydrogen (secondary N) is 2. The van der Waals surface area contributed by atoms with Crippen molar-refractivity contribution in [2.75, 3.05) is 5.32 Å². The number of aryl methyl sites for hydroxylation is 2. The number of hydrogen-bond acceptors (Lipinski definition) is 3. The molecule has 0 aliphatic carbocycles. The molecule has 3 rings (SSSR count). The number of aromatic nitrogens is 3. The summed E-state index contributed by atoms with van der Waals surface area (Å²) in [6.07, 6.45) is 4.93. The summed E-state index contributed by atoms with van der Waals surface area (Å²) < 4.78 is 0. The first-order chi connectivity index (χ1) is 10.8. The molecular weight excluding hydrogens is 276 g/mol. The van der Waals surface area contributed by atoms with Gasteiger partial charge in [0.15, 0.2) is 5.82 Å². The average molecular weight is 292 g/mol. The Labute approximate surface area is 128 Å². The number of pyridine rings is 1. The first-order valence-corrected chi connectivity index (χ1v) is 7.11. The Morgan fingerprint density at radius 3 is 2.73 bits per heavy atom. The minimum absolute atomic E-state index is 0.214. The van der Waals surface area contributed by atoms with Crippen molar-refractivity contribution in [2.24, 2.45) is 0 Å². The Hall–Kier alpha value is -2.95. The van der Waals surface area contributed by atoms with Crippen LogP contribution in [0.4, 0.5) is 5.82 Å². The molecule has 2 aromatic heterocycles. The van der Waals surface area contributed by atoms with Gasteiger partial charge in [-0.1, -0.05) is 30.3 Å². The molecule has 2 N–H and O–H groups in total. The molecule has 0 saturated heterocycles. The van der Waals surface area contributed by atoms with E-state index in [1.165, 1.54) is 11.8 Å². The first-order valence-electron chi connectivity index (χ1n) is 7.11. The van der Waals surface area contributed by atoms with E-state index < -0.39 is 0 Å². The predicted octanol–water partition coefficient (Wildman–Crippen LogP) is 2.84. The number of rotatable bonds is 5. The molecule has 0 aliphatic rings. The molecular formula is C17H16N4O. The zero-order valence-corrected chi connectivity index (χ0v) is 12.0. The number of benzene rings is 1. The minimum Gasteiger partial charge on any atom is -0.305 e. The molecule has 0 unspecified atom stereocenters. The van der Waals surface area contributed by atoms with E-state index in [2.05, 4.69) is 32.6 Å². The standard InChI is InChI=1S/C17H16N4O/c22-17(14-7-4-10-18-12-14)19-16-11-15(20-21-16)9-8-13-5-2-1-3-6-13/h1-7,10-12H,8-9H2,(H2,19,20,21,22). The lowest BCUT2D eigenvalue weighted by Gasteiger charge is -2.00. The maximum Gasteiger partial charge on any atom is 0.258 e. The zero-order chi connectivity index (χ0) is 15.2. The summed E-state index contributed by atoms with van der Waals surface area (Å²) in [5.74, 6) is 0.311. The van der Waals surface area contributed by atoms with Crippen molar-refractivity contribution >= 4 is 11.7 Å². The van der Waals surface area contributed by atoms with Crippen LogP contribution in [0.15, 0.2) is 60.9 Å². The molecule has 0 atom stereocenters. The number of anilines is 1. The smallest absolute Gasteiger partial charge is 0.258 e. The maximum absolute atomic E-state index is 12.0. The van der Waals surface area contributed by atoms with E-state index in [4.69, 9.17) is 0 Å². The van der Waals surface area contributed by atoms with Crippen LogP contribution in [-0.4, -0.2) is 21.1 Å². The fourth-order valence-electron chi connectivity index (χ4n) is 2.16. The second kappa shape index (κ2) is 6.67. The molecule has 5 heteroatoms.